The summed E-state index contributed by atoms with van der Waals surface area (Å²) < 4.78 is 25.0. The molecule has 1 N–H and O–H groups in total. The van der Waals surface area contributed by atoms with Gasteiger partial charge in [0.25, 0.3) is 0 Å². The summed E-state index contributed by atoms with van der Waals surface area (Å²) in [5.41, 5.74) is 0. The van der Waals surface area contributed by atoms with E-state index < -0.39 is 21.9 Å². The Morgan fingerprint density at radius 3 is 2.56 bits per heavy atom. The first-order chi connectivity index (χ1) is 7.36. The largest absolute Gasteiger partial charge is 0.481 e. The van der Waals surface area contributed by atoms with Gasteiger partial charge in [-0.25, -0.2) is 12.7 Å². The normalized spacial score (nSPS) is 27.9. The minimum Gasteiger partial charge on any atom is -0.481 e. The number of piperidine rings is 1. The summed E-state index contributed by atoms with van der Waals surface area (Å²) in [5, 5.41) is 8.95. The second-order valence-electron chi connectivity index (χ2n) is 4.51. The highest BCUT2D eigenvalue weighted by Gasteiger charge is 2.34. The van der Waals surface area contributed by atoms with Crippen molar-refractivity contribution in [3.63, 3.8) is 0 Å². The molecule has 5 nitrogen and oxygen atoms in total. The molecular weight excluding hydrogens is 230 g/mol. The fourth-order valence-electron chi connectivity index (χ4n) is 2.10. The molecule has 0 bridgehead atoms. The average Bonchev–Trinajstić information content (AvgIpc) is 2.16. The van der Waals surface area contributed by atoms with Crippen LogP contribution in [0, 0.1) is 11.8 Å². The standard InChI is InChI=1S/C10H19NO4S/c1-3-4-16(14,15)11-6-8(2)5-9(7-11)10(12)13/h8-9H,3-7H2,1-2H3,(H,12,13). The molecule has 0 aromatic heterocycles. The molecule has 0 saturated carbocycles. The van der Waals surface area contributed by atoms with Crippen LogP contribution in [0.4, 0.5) is 0 Å². The van der Waals surface area contributed by atoms with Gasteiger partial charge in [-0.2, -0.15) is 0 Å². The fourth-order valence-corrected chi connectivity index (χ4v) is 3.76. The molecule has 0 aromatic carbocycles. The summed E-state index contributed by atoms with van der Waals surface area (Å²) in [7, 11) is -3.26. The highest BCUT2D eigenvalue weighted by Crippen LogP contribution is 2.24. The molecule has 1 rings (SSSR count). The molecule has 0 amide bonds. The van der Waals surface area contributed by atoms with Gasteiger partial charge in [0.15, 0.2) is 0 Å². The lowest BCUT2D eigenvalue weighted by Gasteiger charge is -2.33. The Hall–Kier alpha value is -0.620. The van der Waals surface area contributed by atoms with Crippen LogP contribution in [-0.2, 0) is 14.8 Å². The van der Waals surface area contributed by atoms with E-state index >= 15 is 0 Å². The van der Waals surface area contributed by atoms with Crippen molar-refractivity contribution in [1.29, 1.82) is 0 Å². The van der Waals surface area contributed by atoms with Crippen molar-refractivity contribution in [3.05, 3.63) is 0 Å². The lowest BCUT2D eigenvalue weighted by atomic mass is 9.92. The summed E-state index contributed by atoms with van der Waals surface area (Å²) in [6, 6.07) is 0. The highest BCUT2D eigenvalue weighted by atomic mass is 32.2. The zero-order valence-electron chi connectivity index (χ0n) is 9.72. The summed E-state index contributed by atoms with van der Waals surface area (Å²) >= 11 is 0. The van der Waals surface area contributed by atoms with E-state index in [-0.39, 0.29) is 18.2 Å². The Morgan fingerprint density at radius 2 is 2.06 bits per heavy atom. The second kappa shape index (κ2) is 5.14. The van der Waals surface area contributed by atoms with Gasteiger partial charge in [-0.1, -0.05) is 13.8 Å². The predicted octanol–water partition coefficient (Wildman–Crippen LogP) is 0.769. The monoisotopic (exact) mass is 249 g/mol. The van der Waals surface area contributed by atoms with Crippen molar-refractivity contribution in [2.75, 3.05) is 18.8 Å². The van der Waals surface area contributed by atoms with E-state index in [2.05, 4.69) is 0 Å². The molecule has 1 saturated heterocycles. The van der Waals surface area contributed by atoms with Gasteiger partial charge in [-0.05, 0) is 18.8 Å². The highest BCUT2D eigenvalue weighted by molar-refractivity contribution is 7.89. The third kappa shape index (κ3) is 3.18. The Bertz CT molecular complexity index is 352. The van der Waals surface area contributed by atoms with Crippen molar-refractivity contribution in [3.8, 4) is 0 Å². The van der Waals surface area contributed by atoms with Crippen molar-refractivity contribution < 1.29 is 18.3 Å². The Labute approximate surface area is 96.5 Å². The number of carbonyl (C=O) groups is 1. The van der Waals surface area contributed by atoms with Crippen LogP contribution in [0.5, 0.6) is 0 Å². The van der Waals surface area contributed by atoms with Gasteiger partial charge < -0.3 is 5.11 Å². The van der Waals surface area contributed by atoms with E-state index in [9.17, 15) is 13.2 Å². The lowest BCUT2D eigenvalue weighted by Crippen LogP contribution is -2.46. The molecule has 0 spiro atoms. The molecule has 1 aliphatic rings. The molecule has 0 aliphatic carbocycles. The molecule has 0 radical (unpaired) electrons. The molecule has 16 heavy (non-hydrogen) atoms. The van der Waals surface area contributed by atoms with Crippen molar-refractivity contribution in [2.45, 2.75) is 26.7 Å². The topological polar surface area (TPSA) is 74.7 Å². The van der Waals surface area contributed by atoms with Gasteiger partial charge in [0.05, 0.1) is 11.7 Å². The van der Waals surface area contributed by atoms with E-state index in [0.29, 0.717) is 19.4 Å². The minimum absolute atomic E-state index is 0.103. The molecule has 6 heteroatoms. The van der Waals surface area contributed by atoms with Gasteiger partial charge in [-0.3, -0.25) is 4.79 Å². The summed E-state index contributed by atoms with van der Waals surface area (Å²) in [6.45, 7) is 4.28. The lowest BCUT2D eigenvalue weighted by molar-refractivity contribution is -0.143. The van der Waals surface area contributed by atoms with Crippen LogP contribution >= 0.6 is 0 Å². The summed E-state index contributed by atoms with van der Waals surface area (Å²) in [4.78, 5) is 10.9. The average molecular weight is 249 g/mol. The van der Waals surface area contributed by atoms with Crippen LogP contribution in [0.15, 0.2) is 0 Å². The first-order valence-electron chi connectivity index (χ1n) is 5.57. The predicted molar refractivity (Wildman–Crippen MR) is 60.6 cm³/mol. The first kappa shape index (κ1) is 13.4. The second-order valence-corrected chi connectivity index (χ2v) is 6.60. The SMILES string of the molecule is CCCS(=O)(=O)N1CC(C)CC(C(=O)O)C1. The third-order valence-corrected chi connectivity index (χ3v) is 4.84. The number of sulfonamides is 1. The van der Waals surface area contributed by atoms with Gasteiger partial charge in [0, 0.05) is 13.1 Å². The maximum Gasteiger partial charge on any atom is 0.307 e. The molecule has 94 valence electrons. The number of rotatable bonds is 4. The van der Waals surface area contributed by atoms with Crippen LogP contribution in [0.25, 0.3) is 0 Å². The summed E-state index contributed by atoms with van der Waals surface area (Å²) in [6.07, 6.45) is 1.12. The maximum absolute atomic E-state index is 11.8. The van der Waals surface area contributed by atoms with E-state index in [1.807, 2.05) is 6.92 Å². The van der Waals surface area contributed by atoms with Crippen LogP contribution in [0.2, 0.25) is 0 Å². The quantitative estimate of drug-likeness (QED) is 0.798. The van der Waals surface area contributed by atoms with E-state index in [4.69, 9.17) is 5.11 Å². The molecule has 0 aromatic rings. The van der Waals surface area contributed by atoms with Crippen LogP contribution in [-0.4, -0.2) is 42.6 Å². The van der Waals surface area contributed by atoms with E-state index in [1.165, 1.54) is 4.31 Å². The number of hydrogen-bond acceptors (Lipinski definition) is 3. The fraction of sp³-hybridized carbons (Fsp3) is 0.900. The zero-order chi connectivity index (χ0) is 12.3. The van der Waals surface area contributed by atoms with Gasteiger partial charge in [0.2, 0.25) is 10.0 Å². The van der Waals surface area contributed by atoms with Gasteiger partial charge in [0.1, 0.15) is 0 Å². The maximum atomic E-state index is 11.8. The Kier molecular flexibility index (Phi) is 4.32. The van der Waals surface area contributed by atoms with Crippen molar-refractivity contribution >= 4 is 16.0 Å². The molecular formula is C10H19NO4S. The Morgan fingerprint density at radius 1 is 1.44 bits per heavy atom. The van der Waals surface area contributed by atoms with Gasteiger partial charge >= 0.3 is 5.97 Å². The van der Waals surface area contributed by atoms with E-state index in [1.54, 1.807) is 6.92 Å². The number of aliphatic carboxylic acids is 1. The molecule has 1 heterocycles. The number of nitrogens with zero attached hydrogens (tertiary/aromatic N) is 1. The number of hydrogen-bond donors (Lipinski definition) is 1. The molecule has 1 aliphatic heterocycles. The van der Waals surface area contributed by atoms with E-state index in [0.717, 1.165) is 0 Å². The number of carboxylic acids is 1. The minimum atomic E-state index is -3.26. The number of carboxylic acid groups (broad SMARTS) is 1. The van der Waals surface area contributed by atoms with Gasteiger partial charge in [-0.15, -0.1) is 0 Å². The molecule has 2 atom stereocenters. The van der Waals surface area contributed by atoms with Crippen molar-refractivity contribution in [1.82, 2.24) is 4.31 Å². The first-order valence-corrected chi connectivity index (χ1v) is 7.18. The third-order valence-electron chi connectivity index (χ3n) is 2.83. The van der Waals surface area contributed by atoms with Crippen LogP contribution in [0.1, 0.15) is 26.7 Å². The zero-order valence-corrected chi connectivity index (χ0v) is 10.5. The van der Waals surface area contributed by atoms with Crippen LogP contribution in [0.3, 0.4) is 0 Å². The smallest absolute Gasteiger partial charge is 0.307 e. The summed E-state index contributed by atoms with van der Waals surface area (Å²) in [5.74, 6) is -1.24. The molecule has 1 fully saturated rings. The Balaban J connectivity index is 2.78. The van der Waals surface area contributed by atoms with Crippen molar-refractivity contribution in [2.24, 2.45) is 11.8 Å². The van der Waals surface area contributed by atoms with Crippen LogP contribution < -0.4 is 0 Å². The molecule has 2 unspecified atom stereocenters.